The SMILES string of the molecule is COC(=O)C(CCCN=C(N)NS(=O)(=O)c1c(C)c(C)c2c(c1C)CC(C)(C)O2)NC(=O)OCC1c2ccccc2-c2ccccc21. The molecule has 1 unspecified atom stereocenters. The van der Waals surface area contributed by atoms with Crippen molar-refractivity contribution in [3.05, 3.63) is 81.9 Å². The summed E-state index contributed by atoms with van der Waals surface area (Å²) in [7, 11) is -2.82. The van der Waals surface area contributed by atoms with Crippen LogP contribution < -0.4 is 20.5 Å². The van der Waals surface area contributed by atoms with Gasteiger partial charge in [-0.1, -0.05) is 48.5 Å². The number of nitrogens with zero attached hydrogens (tertiary/aromatic N) is 1. The van der Waals surface area contributed by atoms with Crippen molar-refractivity contribution in [2.24, 2.45) is 10.7 Å². The molecular weight excluding hydrogens is 620 g/mol. The Kier molecular flexibility index (Phi) is 9.53. The van der Waals surface area contributed by atoms with Crippen LogP contribution in [0.3, 0.4) is 0 Å². The molecule has 250 valence electrons. The molecule has 1 atom stereocenters. The highest BCUT2D eigenvalue weighted by molar-refractivity contribution is 7.90. The molecule has 0 spiro atoms. The van der Waals surface area contributed by atoms with Crippen LogP contribution in [-0.2, 0) is 30.7 Å². The van der Waals surface area contributed by atoms with Crippen LogP contribution in [0.15, 0.2) is 58.4 Å². The summed E-state index contributed by atoms with van der Waals surface area (Å²) in [6.45, 7) is 9.50. The fraction of sp³-hybridized carbons (Fsp3) is 0.400. The first-order valence-electron chi connectivity index (χ1n) is 15.6. The molecule has 3 aromatic rings. The lowest BCUT2D eigenvalue weighted by molar-refractivity contribution is -0.143. The Bertz CT molecular complexity index is 1810. The number of carbonyl (C=O) groups excluding carboxylic acids is 2. The molecule has 47 heavy (non-hydrogen) atoms. The third-order valence-corrected chi connectivity index (χ3v) is 10.5. The Morgan fingerprint density at radius 1 is 1.02 bits per heavy atom. The van der Waals surface area contributed by atoms with E-state index in [0.29, 0.717) is 24.0 Å². The molecule has 1 aliphatic heterocycles. The van der Waals surface area contributed by atoms with Crippen LogP contribution in [0.4, 0.5) is 4.79 Å². The Hall–Kier alpha value is -4.58. The number of nitrogens with one attached hydrogen (secondary N) is 2. The van der Waals surface area contributed by atoms with E-state index in [-0.39, 0.29) is 36.3 Å². The zero-order chi connectivity index (χ0) is 34.1. The van der Waals surface area contributed by atoms with E-state index in [4.69, 9.17) is 19.9 Å². The number of hydrogen-bond acceptors (Lipinski definition) is 8. The van der Waals surface area contributed by atoms with Crippen molar-refractivity contribution in [3.8, 4) is 16.9 Å². The lowest BCUT2D eigenvalue weighted by Gasteiger charge is -2.19. The molecule has 11 nitrogen and oxygen atoms in total. The molecule has 1 amide bonds. The van der Waals surface area contributed by atoms with Crippen LogP contribution in [0.5, 0.6) is 5.75 Å². The van der Waals surface area contributed by atoms with E-state index < -0.39 is 33.7 Å². The number of esters is 1. The van der Waals surface area contributed by atoms with Gasteiger partial charge in [-0.15, -0.1) is 0 Å². The fourth-order valence-electron chi connectivity index (χ4n) is 6.54. The van der Waals surface area contributed by atoms with Crippen LogP contribution in [-0.4, -0.2) is 58.3 Å². The zero-order valence-electron chi connectivity index (χ0n) is 27.6. The number of benzene rings is 3. The van der Waals surface area contributed by atoms with Gasteiger partial charge in [-0.2, -0.15) is 0 Å². The second-order valence-corrected chi connectivity index (χ2v) is 14.2. The number of rotatable bonds is 10. The molecule has 3 aromatic carbocycles. The number of alkyl carbamates (subject to hydrolysis) is 1. The minimum atomic E-state index is -4.05. The van der Waals surface area contributed by atoms with Crippen molar-refractivity contribution in [2.45, 2.75) is 76.3 Å². The third kappa shape index (κ3) is 6.92. The Labute approximate surface area is 275 Å². The van der Waals surface area contributed by atoms with Gasteiger partial charge >= 0.3 is 12.1 Å². The number of fused-ring (bicyclic) bond motifs is 4. The van der Waals surface area contributed by atoms with Gasteiger partial charge in [-0.05, 0) is 86.4 Å². The fourth-order valence-corrected chi connectivity index (χ4v) is 8.06. The van der Waals surface area contributed by atoms with Crippen molar-refractivity contribution in [1.82, 2.24) is 10.0 Å². The minimum Gasteiger partial charge on any atom is -0.487 e. The maximum atomic E-state index is 13.4. The number of hydrogen-bond donors (Lipinski definition) is 3. The molecule has 4 N–H and O–H groups in total. The van der Waals surface area contributed by atoms with Gasteiger partial charge in [0.25, 0.3) is 10.0 Å². The molecular formula is C35H42N4O7S. The van der Waals surface area contributed by atoms with Crippen molar-refractivity contribution in [1.29, 1.82) is 0 Å². The van der Waals surface area contributed by atoms with E-state index >= 15 is 0 Å². The first kappa shape index (κ1) is 33.8. The summed E-state index contributed by atoms with van der Waals surface area (Å²) in [6.07, 6.45) is 0.307. The van der Waals surface area contributed by atoms with Crippen molar-refractivity contribution >= 4 is 28.0 Å². The summed E-state index contributed by atoms with van der Waals surface area (Å²) >= 11 is 0. The molecule has 0 saturated heterocycles. The largest absolute Gasteiger partial charge is 0.487 e. The van der Waals surface area contributed by atoms with Gasteiger partial charge in [-0.3, -0.25) is 4.99 Å². The lowest BCUT2D eigenvalue weighted by atomic mass is 9.94. The summed E-state index contributed by atoms with van der Waals surface area (Å²) in [5.41, 5.74) is 12.8. The van der Waals surface area contributed by atoms with Crippen LogP contribution in [0.1, 0.15) is 66.0 Å². The molecule has 5 rings (SSSR count). The first-order chi connectivity index (χ1) is 22.2. The van der Waals surface area contributed by atoms with E-state index in [2.05, 4.69) is 15.0 Å². The predicted octanol–water partition coefficient (Wildman–Crippen LogP) is 4.78. The average Bonchev–Trinajstić information content (AvgIpc) is 3.53. The van der Waals surface area contributed by atoms with Crippen molar-refractivity contribution in [2.75, 3.05) is 20.3 Å². The second kappa shape index (κ2) is 13.3. The lowest BCUT2D eigenvalue weighted by Crippen LogP contribution is -2.42. The Morgan fingerprint density at radius 2 is 1.64 bits per heavy atom. The number of carbonyl (C=O) groups is 2. The minimum absolute atomic E-state index is 0.0947. The zero-order valence-corrected chi connectivity index (χ0v) is 28.4. The molecule has 0 fully saturated rings. The van der Waals surface area contributed by atoms with Crippen molar-refractivity contribution in [3.63, 3.8) is 0 Å². The average molecular weight is 663 g/mol. The van der Waals surface area contributed by atoms with Crippen molar-refractivity contribution < 1.29 is 32.2 Å². The van der Waals surface area contributed by atoms with Crippen LogP contribution in [0.2, 0.25) is 0 Å². The van der Waals surface area contributed by atoms with E-state index in [1.54, 1.807) is 13.8 Å². The van der Waals surface area contributed by atoms with E-state index in [9.17, 15) is 18.0 Å². The number of methoxy groups -OCH3 is 1. The first-order valence-corrected chi connectivity index (χ1v) is 17.1. The quantitative estimate of drug-likeness (QED) is 0.121. The summed E-state index contributed by atoms with van der Waals surface area (Å²) in [5.74, 6) is -0.310. The number of guanidine groups is 1. The van der Waals surface area contributed by atoms with Gasteiger partial charge in [0, 0.05) is 24.4 Å². The topological polar surface area (TPSA) is 158 Å². The number of aliphatic imine (C=N–C) groups is 1. The van der Waals surface area contributed by atoms with Gasteiger partial charge in [0.15, 0.2) is 0 Å². The third-order valence-electron chi connectivity index (χ3n) is 8.85. The highest BCUT2D eigenvalue weighted by Crippen LogP contribution is 2.45. The maximum absolute atomic E-state index is 13.4. The van der Waals surface area contributed by atoms with Gasteiger partial charge in [0.2, 0.25) is 5.96 Å². The molecule has 0 aromatic heterocycles. The normalized spacial score (nSPS) is 15.6. The van der Waals surface area contributed by atoms with Crippen LogP contribution in [0.25, 0.3) is 11.1 Å². The molecule has 0 radical (unpaired) electrons. The van der Waals surface area contributed by atoms with Gasteiger partial charge in [0.05, 0.1) is 12.0 Å². The molecule has 2 aliphatic rings. The monoisotopic (exact) mass is 662 g/mol. The van der Waals surface area contributed by atoms with Crippen LogP contribution in [0, 0.1) is 20.8 Å². The Balaban J connectivity index is 1.17. The molecule has 0 bridgehead atoms. The van der Waals surface area contributed by atoms with E-state index in [0.717, 1.165) is 39.1 Å². The highest BCUT2D eigenvalue weighted by atomic mass is 32.2. The molecule has 1 aliphatic carbocycles. The van der Waals surface area contributed by atoms with Gasteiger partial charge < -0.3 is 25.3 Å². The number of sulfonamides is 1. The highest BCUT2D eigenvalue weighted by Gasteiger charge is 2.37. The maximum Gasteiger partial charge on any atom is 0.407 e. The predicted molar refractivity (Wildman–Crippen MR) is 179 cm³/mol. The number of ether oxygens (including phenoxy) is 3. The second-order valence-electron chi connectivity index (χ2n) is 12.6. The van der Waals surface area contributed by atoms with Gasteiger partial charge in [-0.25, -0.2) is 22.7 Å². The summed E-state index contributed by atoms with van der Waals surface area (Å²) < 4.78 is 45.8. The molecule has 0 saturated carbocycles. The van der Waals surface area contributed by atoms with E-state index in [1.807, 2.05) is 69.3 Å². The van der Waals surface area contributed by atoms with Gasteiger partial charge in [0.1, 0.15) is 24.0 Å². The smallest absolute Gasteiger partial charge is 0.407 e. The summed E-state index contributed by atoms with van der Waals surface area (Å²) in [6, 6.07) is 15.0. The summed E-state index contributed by atoms with van der Waals surface area (Å²) in [5, 5.41) is 2.59. The summed E-state index contributed by atoms with van der Waals surface area (Å²) in [4.78, 5) is 29.6. The number of nitrogens with two attached hydrogens (primary N) is 1. The van der Waals surface area contributed by atoms with E-state index in [1.165, 1.54) is 7.11 Å². The molecule has 12 heteroatoms. The molecule has 1 heterocycles. The standard InChI is InChI=1S/C35H42N4O7S/c1-20-21(2)31(22(3)27-18-35(4,5)46-30(20)27)47(42,43)39-33(36)37-17-11-16-29(32(40)44-6)38-34(41)45-19-28-25-14-9-7-12-23(25)24-13-8-10-15-26(24)28/h7-10,12-15,28-29H,11,16-19H2,1-6H3,(H,38,41)(H3,36,37,39). The Morgan fingerprint density at radius 3 is 2.26 bits per heavy atom. The van der Waals surface area contributed by atoms with Crippen LogP contribution >= 0.6 is 0 Å². The number of amides is 1.